The van der Waals surface area contributed by atoms with Crippen LogP contribution in [0.2, 0.25) is 0 Å². The van der Waals surface area contributed by atoms with Gasteiger partial charge in [0.2, 0.25) is 0 Å². The highest BCUT2D eigenvalue weighted by atomic mass is 15.2. The minimum absolute atomic E-state index is 0.261. The average Bonchev–Trinajstić information content (AvgIpc) is 2.39. The molecule has 1 rings (SSSR count). The Morgan fingerprint density at radius 1 is 1.42 bits per heavy atom. The van der Waals surface area contributed by atoms with Gasteiger partial charge < -0.3 is 10.2 Å². The minimum Gasteiger partial charge on any atom is -0.353 e. The zero-order chi connectivity index (χ0) is 14.3. The second-order valence-electron chi connectivity index (χ2n) is 4.89. The molecule has 1 atom stereocenters. The van der Waals surface area contributed by atoms with Gasteiger partial charge in [-0.3, -0.25) is 0 Å². The van der Waals surface area contributed by atoms with Crippen molar-refractivity contribution in [3.8, 4) is 6.07 Å². The number of hydrogen-bond donors (Lipinski definition) is 1. The molecule has 0 aliphatic heterocycles. The highest BCUT2D eigenvalue weighted by Gasteiger charge is 2.18. The fraction of sp³-hybridized carbons (Fsp3) is 0.600. The molecule has 0 fully saturated rings. The second-order valence-corrected chi connectivity index (χ2v) is 4.89. The average molecular weight is 260 g/mol. The fourth-order valence-electron chi connectivity index (χ4n) is 2.18. The fourth-order valence-corrected chi connectivity index (χ4v) is 2.18. The summed E-state index contributed by atoms with van der Waals surface area (Å²) in [5.74, 6) is 0.987. The van der Waals surface area contributed by atoms with E-state index in [1.807, 2.05) is 12.3 Å². The van der Waals surface area contributed by atoms with Crippen molar-refractivity contribution in [3.63, 3.8) is 0 Å². The van der Waals surface area contributed by atoms with Crippen molar-refractivity contribution in [1.29, 1.82) is 5.26 Å². The predicted octanol–water partition coefficient (Wildman–Crippen LogP) is 2.88. The summed E-state index contributed by atoms with van der Waals surface area (Å²) in [6, 6.07) is 6.88. The van der Waals surface area contributed by atoms with Gasteiger partial charge in [-0.15, -0.1) is 0 Å². The third-order valence-electron chi connectivity index (χ3n) is 3.15. The smallest absolute Gasteiger partial charge is 0.133 e. The molecule has 1 aromatic heterocycles. The molecule has 0 aliphatic carbocycles. The molecule has 19 heavy (non-hydrogen) atoms. The minimum atomic E-state index is 0.261. The summed E-state index contributed by atoms with van der Waals surface area (Å²) in [6.45, 7) is 10.2. The van der Waals surface area contributed by atoms with Gasteiger partial charge in [-0.25, -0.2) is 4.98 Å². The van der Waals surface area contributed by atoms with E-state index in [0.717, 1.165) is 18.9 Å². The van der Waals surface area contributed by atoms with Crippen LogP contribution in [0.1, 0.15) is 45.7 Å². The van der Waals surface area contributed by atoms with Crippen molar-refractivity contribution in [3.05, 3.63) is 23.9 Å². The lowest BCUT2D eigenvalue weighted by molar-refractivity contribution is 0.587. The lowest BCUT2D eigenvalue weighted by Gasteiger charge is -2.30. The molecule has 1 unspecified atom stereocenters. The first-order valence-electron chi connectivity index (χ1n) is 6.93. The summed E-state index contributed by atoms with van der Waals surface area (Å²) in [4.78, 5) is 6.73. The Morgan fingerprint density at radius 2 is 2.16 bits per heavy atom. The van der Waals surface area contributed by atoms with Gasteiger partial charge in [-0.05, 0) is 33.4 Å². The lowest BCUT2D eigenvalue weighted by atomic mass is 10.1. The number of aromatic nitrogens is 1. The molecule has 4 heteroatoms. The van der Waals surface area contributed by atoms with Crippen LogP contribution in [0.4, 0.5) is 5.82 Å². The van der Waals surface area contributed by atoms with Crippen molar-refractivity contribution in [2.45, 2.75) is 46.2 Å². The Bertz CT molecular complexity index is 422. The Morgan fingerprint density at radius 3 is 2.74 bits per heavy atom. The largest absolute Gasteiger partial charge is 0.353 e. The molecule has 0 aliphatic rings. The van der Waals surface area contributed by atoms with Gasteiger partial charge in [0, 0.05) is 30.4 Å². The van der Waals surface area contributed by atoms with E-state index in [2.05, 4.69) is 55.0 Å². The van der Waals surface area contributed by atoms with Gasteiger partial charge in [-0.1, -0.05) is 13.0 Å². The zero-order valence-electron chi connectivity index (χ0n) is 12.3. The van der Waals surface area contributed by atoms with Gasteiger partial charge in [-0.2, -0.15) is 5.26 Å². The van der Waals surface area contributed by atoms with E-state index in [-0.39, 0.29) is 6.04 Å². The molecule has 0 spiro atoms. The maximum Gasteiger partial charge on any atom is 0.133 e. The van der Waals surface area contributed by atoms with Gasteiger partial charge in [0.05, 0.1) is 12.5 Å². The third kappa shape index (κ3) is 4.22. The van der Waals surface area contributed by atoms with Crippen molar-refractivity contribution in [2.75, 3.05) is 18.0 Å². The van der Waals surface area contributed by atoms with E-state index in [9.17, 15) is 0 Å². The monoisotopic (exact) mass is 260 g/mol. The molecule has 0 radical (unpaired) electrons. The Balaban J connectivity index is 3.05. The van der Waals surface area contributed by atoms with E-state index in [0.29, 0.717) is 12.5 Å². The molecule has 4 nitrogen and oxygen atoms in total. The van der Waals surface area contributed by atoms with Crippen LogP contribution in [0.3, 0.4) is 0 Å². The van der Waals surface area contributed by atoms with Crippen LogP contribution in [0, 0.1) is 11.3 Å². The second kappa shape index (κ2) is 7.75. The number of rotatable bonds is 7. The van der Waals surface area contributed by atoms with Crippen LogP contribution in [0.25, 0.3) is 0 Å². The molecule has 0 saturated heterocycles. The number of nitriles is 1. The predicted molar refractivity (Wildman–Crippen MR) is 79.0 cm³/mol. The number of nitrogens with zero attached hydrogens (tertiary/aromatic N) is 3. The van der Waals surface area contributed by atoms with E-state index >= 15 is 0 Å². The number of nitrogens with one attached hydrogen (secondary N) is 1. The first kappa shape index (κ1) is 15.5. The number of hydrogen-bond acceptors (Lipinski definition) is 4. The van der Waals surface area contributed by atoms with Crippen LogP contribution in [-0.4, -0.2) is 24.1 Å². The summed E-state index contributed by atoms with van der Waals surface area (Å²) >= 11 is 0. The topological polar surface area (TPSA) is 52.0 Å². The summed E-state index contributed by atoms with van der Waals surface area (Å²) in [5.41, 5.74) is 1.19. The summed E-state index contributed by atoms with van der Waals surface area (Å²) in [7, 11) is 0. The van der Waals surface area contributed by atoms with Crippen LogP contribution < -0.4 is 10.2 Å². The van der Waals surface area contributed by atoms with Crippen molar-refractivity contribution in [2.24, 2.45) is 0 Å². The van der Waals surface area contributed by atoms with E-state index < -0.39 is 0 Å². The van der Waals surface area contributed by atoms with Crippen LogP contribution >= 0.6 is 0 Å². The molecule has 0 saturated carbocycles. The first-order valence-corrected chi connectivity index (χ1v) is 6.93. The molecule has 1 aromatic rings. The lowest BCUT2D eigenvalue weighted by Crippen LogP contribution is -2.34. The summed E-state index contributed by atoms with van der Waals surface area (Å²) < 4.78 is 0. The van der Waals surface area contributed by atoms with Crippen LogP contribution in [0.15, 0.2) is 18.3 Å². The highest BCUT2D eigenvalue weighted by molar-refractivity contribution is 5.49. The Hall–Kier alpha value is -1.60. The maximum atomic E-state index is 8.80. The summed E-state index contributed by atoms with van der Waals surface area (Å²) in [6.07, 6.45) is 2.34. The molecule has 0 amide bonds. The zero-order valence-corrected chi connectivity index (χ0v) is 12.3. The Labute approximate surface area is 116 Å². The van der Waals surface area contributed by atoms with Crippen molar-refractivity contribution < 1.29 is 0 Å². The van der Waals surface area contributed by atoms with E-state index in [4.69, 9.17) is 5.26 Å². The summed E-state index contributed by atoms with van der Waals surface area (Å²) in [5, 5.41) is 12.2. The molecule has 0 aromatic carbocycles. The molecular formula is C15H24N4. The quantitative estimate of drug-likeness (QED) is 0.819. The normalized spacial score (nSPS) is 12.2. The SMILES string of the molecule is CCNC(C)c1cccnc1N(CCC#N)C(C)C. The van der Waals surface area contributed by atoms with Crippen LogP contribution in [-0.2, 0) is 0 Å². The third-order valence-corrected chi connectivity index (χ3v) is 3.15. The van der Waals surface area contributed by atoms with E-state index in [1.54, 1.807) is 0 Å². The maximum absolute atomic E-state index is 8.80. The molecule has 104 valence electrons. The van der Waals surface area contributed by atoms with Crippen molar-refractivity contribution >= 4 is 5.82 Å². The molecule has 0 bridgehead atoms. The molecular weight excluding hydrogens is 236 g/mol. The van der Waals surface area contributed by atoms with E-state index in [1.165, 1.54) is 5.56 Å². The number of anilines is 1. The van der Waals surface area contributed by atoms with Gasteiger partial charge >= 0.3 is 0 Å². The van der Waals surface area contributed by atoms with Gasteiger partial charge in [0.25, 0.3) is 0 Å². The first-order chi connectivity index (χ1) is 9.11. The standard InChI is InChI=1S/C15H24N4/c1-5-17-13(4)14-8-6-10-18-15(14)19(12(2)3)11-7-9-16/h6,8,10,12-13,17H,5,7,11H2,1-4H3. The number of pyridine rings is 1. The Kier molecular flexibility index (Phi) is 6.31. The van der Waals surface area contributed by atoms with Crippen molar-refractivity contribution in [1.82, 2.24) is 10.3 Å². The van der Waals surface area contributed by atoms with Gasteiger partial charge in [0.1, 0.15) is 5.82 Å². The highest BCUT2D eigenvalue weighted by Crippen LogP contribution is 2.25. The molecule has 1 N–H and O–H groups in total. The molecule has 1 heterocycles. The van der Waals surface area contributed by atoms with Gasteiger partial charge in [0.15, 0.2) is 0 Å². The van der Waals surface area contributed by atoms with Crippen LogP contribution in [0.5, 0.6) is 0 Å².